The minimum absolute atomic E-state index is 0.0808. The third kappa shape index (κ3) is 3.21. The lowest BCUT2D eigenvalue weighted by Gasteiger charge is -2.08. The molecular weight excluding hydrogens is 372 g/mol. The van der Waals surface area contributed by atoms with Gasteiger partial charge in [0, 0.05) is 7.05 Å². The number of aromatic nitrogens is 2. The number of benzene rings is 2. The molecule has 0 saturated heterocycles. The molecule has 3 aromatic rings. The number of aromatic hydroxyl groups is 1. The number of hydrazone groups is 1. The van der Waals surface area contributed by atoms with Crippen LogP contribution in [-0.4, -0.2) is 27.5 Å². The van der Waals surface area contributed by atoms with Gasteiger partial charge in [0.05, 0.1) is 28.3 Å². The van der Waals surface area contributed by atoms with Gasteiger partial charge in [-0.25, -0.2) is 10.4 Å². The van der Waals surface area contributed by atoms with Gasteiger partial charge in [0.25, 0.3) is 0 Å². The van der Waals surface area contributed by atoms with Gasteiger partial charge in [0.15, 0.2) is 11.5 Å². The maximum absolute atomic E-state index is 9.93. The number of anilines is 1. The van der Waals surface area contributed by atoms with E-state index in [0.29, 0.717) is 22.8 Å². The molecule has 0 saturated carbocycles. The van der Waals surface area contributed by atoms with Crippen molar-refractivity contribution in [2.24, 2.45) is 12.1 Å². The van der Waals surface area contributed by atoms with Crippen molar-refractivity contribution < 1.29 is 9.84 Å². The fraction of sp³-hybridized carbons (Fsp3) is 0.176. The third-order valence-corrected chi connectivity index (χ3v) is 4.12. The summed E-state index contributed by atoms with van der Waals surface area (Å²) in [6.45, 7) is 2.33. The lowest BCUT2D eigenvalue weighted by atomic mass is 10.2. The van der Waals surface area contributed by atoms with Gasteiger partial charge in [-0.1, -0.05) is 12.1 Å². The second-order valence-electron chi connectivity index (χ2n) is 5.14. The Labute approximate surface area is 147 Å². The summed E-state index contributed by atoms with van der Waals surface area (Å²) in [4.78, 5) is 4.49. The van der Waals surface area contributed by atoms with E-state index in [1.807, 2.05) is 42.8 Å². The van der Waals surface area contributed by atoms with Crippen LogP contribution >= 0.6 is 15.9 Å². The fourth-order valence-electron chi connectivity index (χ4n) is 2.34. The maximum atomic E-state index is 9.93. The summed E-state index contributed by atoms with van der Waals surface area (Å²) < 4.78 is 7.89. The molecule has 0 aliphatic heterocycles. The molecule has 0 amide bonds. The Kier molecular flexibility index (Phi) is 4.71. The van der Waals surface area contributed by atoms with Crippen LogP contribution in [0.15, 0.2) is 46.0 Å². The van der Waals surface area contributed by atoms with E-state index >= 15 is 0 Å². The molecule has 3 rings (SSSR count). The first kappa shape index (κ1) is 16.3. The number of nitrogens with one attached hydrogen (secondary N) is 1. The Morgan fingerprint density at radius 1 is 1.38 bits per heavy atom. The fourth-order valence-corrected chi connectivity index (χ4v) is 2.80. The van der Waals surface area contributed by atoms with Crippen molar-refractivity contribution >= 4 is 39.1 Å². The van der Waals surface area contributed by atoms with Gasteiger partial charge in [-0.2, -0.15) is 5.10 Å². The average molecular weight is 389 g/mol. The first-order chi connectivity index (χ1) is 11.6. The van der Waals surface area contributed by atoms with Crippen LogP contribution < -0.4 is 10.2 Å². The van der Waals surface area contributed by atoms with Crippen LogP contribution in [0.3, 0.4) is 0 Å². The highest BCUT2D eigenvalue weighted by atomic mass is 79.9. The predicted octanol–water partition coefficient (Wildman–Crippen LogP) is 3.89. The van der Waals surface area contributed by atoms with E-state index in [2.05, 4.69) is 31.4 Å². The Balaban J connectivity index is 1.82. The molecule has 0 aliphatic carbocycles. The summed E-state index contributed by atoms with van der Waals surface area (Å²) in [6, 6.07) is 11.4. The van der Waals surface area contributed by atoms with Crippen molar-refractivity contribution in [1.82, 2.24) is 9.55 Å². The zero-order chi connectivity index (χ0) is 17.1. The van der Waals surface area contributed by atoms with Crippen molar-refractivity contribution in [2.45, 2.75) is 6.92 Å². The summed E-state index contributed by atoms with van der Waals surface area (Å²) in [5.41, 5.74) is 5.66. The second-order valence-corrected chi connectivity index (χ2v) is 5.99. The number of hydrogen-bond donors (Lipinski definition) is 2. The first-order valence-corrected chi connectivity index (χ1v) is 8.25. The Hall–Kier alpha value is -2.54. The quantitative estimate of drug-likeness (QED) is 0.513. The molecule has 0 bridgehead atoms. The van der Waals surface area contributed by atoms with Gasteiger partial charge < -0.3 is 14.4 Å². The number of phenolic OH excluding ortho intramolecular Hbond substituents is 1. The van der Waals surface area contributed by atoms with Crippen LogP contribution in [-0.2, 0) is 7.05 Å². The molecule has 0 fully saturated rings. The number of nitrogens with zero attached hydrogens (tertiary/aromatic N) is 3. The van der Waals surface area contributed by atoms with E-state index in [4.69, 9.17) is 4.74 Å². The SMILES string of the molecule is CCOc1cc(/C=N\Nc2nc3ccccc3n2C)cc(Br)c1O. The molecule has 0 spiro atoms. The largest absolute Gasteiger partial charge is 0.503 e. The molecule has 1 heterocycles. The second kappa shape index (κ2) is 6.92. The smallest absolute Gasteiger partial charge is 0.224 e. The van der Waals surface area contributed by atoms with E-state index in [1.54, 1.807) is 18.3 Å². The molecule has 1 aromatic heterocycles. The monoisotopic (exact) mass is 388 g/mol. The van der Waals surface area contributed by atoms with Gasteiger partial charge in [-0.3, -0.25) is 0 Å². The minimum atomic E-state index is 0.0808. The zero-order valence-electron chi connectivity index (χ0n) is 13.3. The molecule has 0 atom stereocenters. The van der Waals surface area contributed by atoms with Crippen LogP contribution in [0.25, 0.3) is 11.0 Å². The van der Waals surface area contributed by atoms with Crippen molar-refractivity contribution in [1.29, 1.82) is 0 Å². The predicted molar refractivity (Wildman–Crippen MR) is 98.9 cm³/mol. The van der Waals surface area contributed by atoms with E-state index in [0.717, 1.165) is 16.6 Å². The van der Waals surface area contributed by atoms with Gasteiger partial charge >= 0.3 is 0 Å². The van der Waals surface area contributed by atoms with Crippen LogP contribution in [0, 0.1) is 0 Å². The number of aryl methyl sites for hydroxylation is 1. The van der Waals surface area contributed by atoms with Gasteiger partial charge in [-0.05, 0) is 52.7 Å². The highest BCUT2D eigenvalue weighted by Crippen LogP contribution is 2.35. The molecule has 0 aliphatic rings. The van der Waals surface area contributed by atoms with Crippen LogP contribution in [0.5, 0.6) is 11.5 Å². The molecule has 2 N–H and O–H groups in total. The Morgan fingerprint density at radius 2 is 2.17 bits per heavy atom. The van der Waals surface area contributed by atoms with E-state index in [9.17, 15) is 5.11 Å². The van der Waals surface area contributed by atoms with Crippen LogP contribution in [0.1, 0.15) is 12.5 Å². The molecule has 2 aromatic carbocycles. The number of phenols is 1. The van der Waals surface area contributed by atoms with Crippen molar-refractivity contribution in [2.75, 3.05) is 12.0 Å². The van der Waals surface area contributed by atoms with Gasteiger partial charge in [0.1, 0.15) is 0 Å². The first-order valence-electron chi connectivity index (χ1n) is 7.46. The Morgan fingerprint density at radius 3 is 2.92 bits per heavy atom. The molecule has 7 heteroatoms. The summed E-state index contributed by atoms with van der Waals surface area (Å²) in [5, 5.41) is 14.2. The number of para-hydroxylation sites is 2. The summed E-state index contributed by atoms with van der Waals surface area (Å²) in [5.74, 6) is 1.14. The van der Waals surface area contributed by atoms with E-state index in [-0.39, 0.29) is 5.75 Å². The van der Waals surface area contributed by atoms with Crippen LogP contribution in [0.2, 0.25) is 0 Å². The molecule has 0 radical (unpaired) electrons. The molecular formula is C17H17BrN4O2. The van der Waals surface area contributed by atoms with Gasteiger partial charge in [0.2, 0.25) is 5.95 Å². The summed E-state index contributed by atoms with van der Waals surface area (Å²) >= 11 is 3.31. The molecule has 24 heavy (non-hydrogen) atoms. The normalized spacial score (nSPS) is 11.3. The van der Waals surface area contributed by atoms with Crippen molar-refractivity contribution in [3.05, 3.63) is 46.4 Å². The number of fused-ring (bicyclic) bond motifs is 1. The summed E-state index contributed by atoms with van der Waals surface area (Å²) in [6.07, 6.45) is 1.64. The number of ether oxygens (including phenoxy) is 1. The standard InChI is InChI=1S/C17H17BrN4O2/c1-3-24-15-9-11(8-12(18)16(15)23)10-19-21-17-20-13-6-4-5-7-14(13)22(17)2/h4-10,23H,3H2,1-2H3,(H,20,21)/b19-10-. The lowest BCUT2D eigenvalue weighted by molar-refractivity contribution is 0.317. The molecule has 0 unspecified atom stereocenters. The topological polar surface area (TPSA) is 71.7 Å². The molecule has 6 nitrogen and oxygen atoms in total. The van der Waals surface area contributed by atoms with Gasteiger partial charge in [-0.15, -0.1) is 0 Å². The number of hydrogen-bond acceptors (Lipinski definition) is 5. The Bertz CT molecular complexity index is 905. The average Bonchev–Trinajstić information content (AvgIpc) is 2.89. The summed E-state index contributed by atoms with van der Waals surface area (Å²) in [7, 11) is 1.93. The van der Waals surface area contributed by atoms with Crippen LogP contribution in [0.4, 0.5) is 5.95 Å². The zero-order valence-corrected chi connectivity index (χ0v) is 14.9. The lowest BCUT2D eigenvalue weighted by Crippen LogP contribution is -1.99. The van der Waals surface area contributed by atoms with Crippen molar-refractivity contribution in [3.8, 4) is 11.5 Å². The highest BCUT2D eigenvalue weighted by Gasteiger charge is 2.09. The minimum Gasteiger partial charge on any atom is -0.503 e. The maximum Gasteiger partial charge on any atom is 0.224 e. The van der Waals surface area contributed by atoms with Crippen molar-refractivity contribution in [3.63, 3.8) is 0 Å². The third-order valence-electron chi connectivity index (χ3n) is 3.52. The number of halogens is 1. The van der Waals surface area contributed by atoms with E-state index < -0.39 is 0 Å². The van der Waals surface area contributed by atoms with E-state index in [1.165, 1.54) is 0 Å². The molecule has 124 valence electrons. The number of imidazole rings is 1. The highest BCUT2D eigenvalue weighted by molar-refractivity contribution is 9.10. The number of rotatable bonds is 5.